The molecule has 10 heteroatoms. The summed E-state index contributed by atoms with van der Waals surface area (Å²) in [4.78, 5) is 18.9. The fourth-order valence-corrected chi connectivity index (χ4v) is 5.38. The Hall–Kier alpha value is -4.15. The minimum absolute atomic E-state index is 0.000484. The first-order valence-corrected chi connectivity index (χ1v) is 13.6. The number of nitrogens with one attached hydrogen (secondary N) is 1. The molecule has 0 spiro atoms. The van der Waals surface area contributed by atoms with E-state index in [0.29, 0.717) is 37.6 Å². The molecule has 1 fully saturated rings. The van der Waals surface area contributed by atoms with Gasteiger partial charge in [-0.05, 0) is 88.7 Å². The maximum absolute atomic E-state index is 13.8. The van der Waals surface area contributed by atoms with E-state index >= 15 is 0 Å². The zero-order valence-electron chi connectivity index (χ0n) is 22.3. The molecule has 1 aliphatic heterocycles. The molecule has 1 aliphatic rings. The Morgan fingerprint density at radius 2 is 1.98 bits per heavy atom. The SMILES string of the molecule is CCc1ccc2[nH]c(=O)c([C@H](c3nnnn3C[C@H]3CCCO3)N(Cc3ccc(F)cc3)Cc3ccco3)cc2c1. The number of halogens is 1. The Morgan fingerprint density at radius 3 is 2.73 bits per heavy atom. The van der Waals surface area contributed by atoms with Crippen molar-refractivity contribution in [3.63, 3.8) is 0 Å². The molecule has 0 aliphatic carbocycles. The van der Waals surface area contributed by atoms with Crippen LogP contribution in [-0.4, -0.2) is 42.8 Å². The van der Waals surface area contributed by atoms with E-state index in [1.54, 1.807) is 23.1 Å². The van der Waals surface area contributed by atoms with Gasteiger partial charge in [-0.2, -0.15) is 0 Å². The number of rotatable bonds is 10. The average Bonchev–Trinajstić information content (AvgIpc) is 3.75. The molecular weight excluding hydrogens is 511 g/mol. The number of aromatic nitrogens is 5. The number of H-pyrrole nitrogens is 1. The lowest BCUT2D eigenvalue weighted by Crippen LogP contribution is -2.35. The number of fused-ring (bicyclic) bond motifs is 1. The number of ether oxygens (including phenoxy) is 1. The predicted octanol–water partition coefficient (Wildman–Crippen LogP) is 4.78. The number of aryl methyl sites for hydroxylation is 1. The van der Waals surface area contributed by atoms with Gasteiger partial charge in [-0.25, -0.2) is 9.07 Å². The van der Waals surface area contributed by atoms with Gasteiger partial charge in [-0.15, -0.1) is 5.10 Å². The lowest BCUT2D eigenvalue weighted by molar-refractivity contribution is 0.0901. The molecule has 1 N–H and O–H groups in total. The minimum atomic E-state index is -0.634. The van der Waals surface area contributed by atoms with Crippen LogP contribution in [0.25, 0.3) is 10.9 Å². The van der Waals surface area contributed by atoms with Crippen LogP contribution >= 0.6 is 0 Å². The lowest BCUT2D eigenvalue weighted by Gasteiger charge is -2.30. The highest BCUT2D eigenvalue weighted by Crippen LogP contribution is 2.31. The molecule has 0 amide bonds. The van der Waals surface area contributed by atoms with Gasteiger partial charge in [-0.1, -0.05) is 25.1 Å². The second kappa shape index (κ2) is 11.5. The summed E-state index contributed by atoms with van der Waals surface area (Å²) in [5.74, 6) is 0.938. The van der Waals surface area contributed by atoms with Crippen LogP contribution in [0.3, 0.4) is 0 Å². The zero-order chi connectivity index (χ0) is 27.5. The van der Waals surface area contributed by atoms with Crippen molar-refractivity contribution >= 4 is 10.9 Å². The van der Waals surface area contributed by atoms with Gasteiger partial charge in [0.2, 0.25) is 0 Å². The second-order valence-electron chi connectivity index (χ2n) is 10.2. The summed E-state index contributed by atoms with van der Waals surface area (Å²) in [5, 5.41) is 13.7. The summed E-state index contributed by atoms with van der Waals surface area (Å²) in [6.07, 6.45) is 4.41. The van der Waals surface area contributed by atoms with E-state index in [0.717, 1.165) is 41.5 Å². The van der Waals surface area contributed by atoms with Gasteiger partial charge in [0.1, 0.15) is 17.6 Å². The van der Waals surface area contributed by atoms with Crippen LogP contribution < -0.4 is 5.56 Å². The Labute approximate surface area is 230 Å². The fourth-order valence-electron chi connectivity index (χ4n) is 5.38. The van der Waals surface area contributed by atoms with Crippen LogP contribution in [-0.2, 0) is 30.8 Å². The second-order valence-corrected chi connectivity index (χ2v) is 10.2. The van der Waals surface area contributed by atoms with E-state index < -0.39 is 6.04 Å². The van der Waals surface area contributed by atoms with Gasteiger partial charge < -0.3 is 14.1 Å². The summed E-state index contributed by atoms with van der Waals surface area (Å²) < 4.78 is 27.1. The van der Waals surface area contributed by atoms with Crippen molar-refractivity contribution in [2.45, 2.75) is 58.0 Å². The molecule has 2 atom stereocenters. The number of pyridine rings is 1. The van der Waals surface area contributed by atoms with Crippen LogP contribution in [0.15, 0.2) is 76.1 Å². The molecule has 206 valence electrons. The number of aromatic amines is 1. The number of benzene rings is 2. The highest BCUT2D eigenvalue weighted by molar-refractivity contribution is 5.80. The van der Waals surface area contributed by atoms with Gasteiger partial charge >= 0.3 is 0 Å². The third kappa shape index (κ3) is 5.59. The molecular formula is C30H31FN6O3. The van der Waals surface area contributed by atoms with Gasteiger partial charge in [0, 0.05) is 24.2 Å². The average molecular weight is 543 g/mol. The molecule has 1 saturated heterocycles. The van der Waals surface area contributed by atoms with Crippen LogP contribution in [0, 0.1) is 5.82 Å². The first-order valence-electron chi connectivity index (χ1n) is 13.6. The molecule has 4 heterocycles. The van der Waals surface area contributed by atoms with E-state index in [1.165, 1.54) is 17.7 Å². The normalized spacial score (nSPS) is 16.2. The minimum Gasteiger partial charge on any atom is -0.468 e. The van der Waals surface area contributed by atoms with Gasteiger partial charge in [-0.3, -0.25) is 9.69 Å². The van der Waals surface area contributed by atoms with Crippen LogP contribution in [0.4, 0.5) is 4.39 Å². The fraction of sp³-hybridized carbons (Fsp3) is 0.333. The lowest BCUT2D eigenvalue weighted by atomic mass is 10.0. The number of hydrogen-bond donors (Lipinski definition) is 1. The molecule has 0 radical (unpaired) electrons. The number of nitrogens with zero attached hydrogens (tertiary/aromatic N) is 5. The quantitative estimate of drug-likeness (QED) is 0.271. The molecule has 3 aromatic heterocycles. The number of tetrazole rings is 1. The maximum atomic E-state index is 13.8. The largest absolute Gasteiger partial charge is 0.468 e. The Balaban J connectivity index is 1.50. The highest BCUT2D eigenvalue weighted by Gasteiger charge is 2.32. The van der Waals surface area contributed by atoms with Crippen molar-refractivity contribution in [2.75, 3.05) is 6.61 Å². The molecule has 0 bridgehead atoms. The van der Waals surface area contributed by atoms with Crippen molar-refractivity contribution in [1.82, 2.24) is 30.1 Å². The van der Waals surface area contributed by atoms with E-state index in [1.807, 2.05) is 30.3 Å². The summed E-state index contributed by atoms with van der Waals surface area (Å²) >= 11 is 0. The first-order chi connectivity index (χ1) is 19.6. The summed E-state index contributed by atoms with van der Waals surface area (Å²) in [6, 6.07) is 17.4. The maximum Gasteiger partial charge on any atom is 0.253 e. The summed E-state index contributed by atoms with van der Waals surface area (Å²) in [7, 11) is 0. The third-order valence-electron chi connectivity index (χ3n) is 7.45. The smallest absolute Gasteiger partial charge is 0.253 e. The molecule has 6 rings (SSSR count). The molecule has 2 aromatic carbocycles. The molecule has 0 saturated carbocycles. The molecule has 0 unspecified atom stereocenters. The van der Waals surface area contributed by atoms with Crippen molar-refractivity contribution in [3.8, 4) is 0 Å². The Bertz CT molecular complexity index is 1620. The van der Waals surface area contributed by atoms with Gasteiger partial charge in [0.25, 0.3) is 5.56 Å². The zero-order valence-corrected chi connectivity index (χ0v) is 22.3. The van der Waals surface area contributed by atoms with Crippen LogP contribution in [0.1, 0.15) is 54.1 Å². The van der Waals surface area contributed by atoms with E-state index in [-0.39, 0.29) is 17.5 Å². The number of hydrogen-bond acceptors (Lipinski definition) is 7. The third-order valence-corrected chi connectivity index (χ3v) is 7.45. The topological polar surface area (TPSA) is 102 Å². The monoisotopic (exact) mass is 542 g/mol. The summed E-state index contributed by atoms with van der Waals surface area (Å²) in [6.45, 7) is 4.06. The van der Waals surface area contributed by atoms with Crippen molar-refractivity contribution < 1.29 is 13.5 Å². The summed E-state index contributed by atoms with van der Waals surface area (Å²) in [5.41, 5.74) is 3.10. The van der Waals surface area contributed by atoms with E-state index in [2.05, 4.69) is 38.4 Å². The van der Waals surface area contributed by atoms with Crippen LogP contribution in [0.5, 0.6) is 0 Å². The predicted molar refractivity (Wildman–Crippen MR) is 147 cm³/mol. The molecule has 40 heavy (non-hydrogen) atoms. The first kappa shape index (κ1) is 26.1. The van der Waals surface area contributed by atoms with Crippen molar-refractivity contribution in [3.05, 3.63) is 111 Å². The Kier molecular flexibility index (Phi) is 7.52. The van der Waals surface area contributed by atoms with Gasteiger partial charge in [0.15, 0.2) is 5.82 Å². The standard InChI is InChI=1S/C30H31FN6O3/c1-2-20-9-12-27-22(15-20)16-26(30(38)32-27)28(29-33-34-35-37(29)19-25-6-4-14-40-25)36(18-24-5-3-13-39-24)17-21-7-10-23(31)11-8-21/h3,5,7-13,15-16,25,28H,2,4,6,14,17-19H2,1H3,(H,32,38)/t25-,28-/m1/s1. The van der Waals surface area contributed by atoms with E-state index in [9.17, 15) is 9.18 Å². The van der Waals surface area contributed by atoms with Crippen LogP contribution in [0.2, 0.25) is 0 Å². The molecule has 5 aromatic rings. The van der Waals surface area contributed by atoms with Crippen molar-refractivity contribution in [1.29, 1.82) is 0 Å². The Morgan fingerprint density at radius 1 is 1.12 bits per heavy atom. The van der Waals surface area contributed by atoms with E-state index in [4.69, 9.17) is 9.15 Å². The van der Waals surface area contributed by atoms with Crippen molar-refractivity contribution in [2.24, 2.45) is 0 Å². The van der Waals surface area contributed by atoms with Gasteiger partial charge in [0.05, 0.1) is 25.5 Å². The molecule has 9 nitrogen and oxygen atoms in total. The number of furan rings is 1. The highest BCUT2D eigenvalue weighted by atomic mass is 19.1.